The molecule has 1 heterocycles. The summed E-state index contributed by atoms with van der Waals surface area (Å²) in [6.07, 6.45) is 4.83. The number of para-hydroxylation sites is 1. The Kier molecular flexibility index (Phi) is 5.07. The second-order valence-corrected chi connectivity index (χ2v) is 5.18. The predicted molar refractivity (Wildman–Crippen MR) is 88.0 cm³/mol. The minimum atomic E-state index is 0.506. The van der Waals surface area contributed by atoms with Crippen molar-refractivity contribution in [3.05, 3.63) is 54.4 Å². The number of benzene rings is 1. The Morgan fingerprint density at radius 1 is 1.20 bits per heavy atom. The molecule has 0 saturated carbocycles. The van der Waals surface area contributed by atoms with Gasteiger partial charge < -0.3 is 10.6 Å². The zero-order chi connectivity index (χ0) is 14.4. The number of rotatable bonds is 4. The van der Waals surface area contributed by atoms with E-state index in [-0.39, 0.29) is 0 Å². The second kappa shape index (κ2) is 7.01. The molecule has 4 heteroatoms. The van der Waals surface area contributed by atoms with E-state index in [0.29, 0.717) is 11.0 Å². The summed E-state index contributed by atoms with van der Waals surface area (Å²) in [5.41, 5.74) is 3.30. The number of pyridine rings is 1. The lowest BCUT2D eigenvalue weighted by molar-refractivity contribution is -0.377. The molecule has 2 rings (SSSR count). The maximum atomic E-state index is 5.36. The average Bonchev–Trinajstić information content (AvgIpc) is 2.48. The van der Waals surface area contributed by atoms with Crippen LogP contribution in [-0.4, -0.2) is 5.11 Å². The highest BCUT2D eigenvalue weighted by molar-refractivity contribution is 7.80. The molecule has 2 aromatic rings. The Balaban J connectivity index is 2.08. The van der Waals surface area contributed by atoms with Gasteiger partial charge in [0, 0.05) is 11.8 Å². The van der Waals surface area contributed by atoms with E-state index in [2.05, 4.69) is 47.7 Å². The van der Waals surface area contributed by atoms with E-state index in [4.69, 9.17) is 12.2 Å². The highest BCUT2D eigenvalue weighted by Crippen LogP contribution is 2.26. The summed E-state index contributed by atoms with van der Waals surface area (Å²) in [6.45, 7) is 4.42. The molecule has 1 aromatic heterocycles. The Morgan fingerprint density at radius 3 is 2.70 bits per heavy atom. The maximum absolute atomic E-state index is 5.36. The average molecular weight is 286 g/mol. The fourth-order valence-electron chi connectivity index (χ4n) is 2.02. The van der Waals surface area contributed by atoms with Crippen molar-refractivity contribution < 1.29 is 4.98 Å². The zero-order valence-electron chi connectivity index (χ0n) is 11.8. The molecule has 104 valence electrons. The molecule has 3 nitrogen and oxygen atoms in total. The number of hydrogen-bond donors (Lipinski definition) is 2. The molecule has 1 atom stereocenters. The monoisotopic (exact) mass is 286 g/mol. The number of aromatic nitrogens is 1. The van der Waals surface area contributed by atoms with Crippen LogP contribution in [0, 0.1) is 0 Å². The topological polar surface area (TPSA) is 38.2 Å². The van der Waals surface area contributed by atoms with Gasteiger partial charge in [-0.2, -0.15) is 0 Å². The number of nitrogens with one attached hydrogen (secondary N) is 3. The van der Waals surface area contributed by atoms with E-state index in [1.54, 1.807) is 0 Å². The van der Waals surface area contributed by atoms with Crippen LogP contribution in [0.15, 0.2) is 48.8 Å². The van der Waals surface area contributed by atoms with E-state index in [9.17, 15) is 0 Å². The molecular formula is C16H20N3S+. The van der Waals surface area contributed by atoms with Crippen molar-refractivity contribution in [3.63, 3.8) is 0 Å². The largest absolute Gasteiger partial charge is 0.332 e. The molecule has 1 unspecified atom stereocenters. The number of aromatic amines is 1. The van der Waals surface area contributed by atoms with Crippen molar-refractivity contribution in [2.75, 3.05) is 10.6 Å². The van der Waals surface area contributed by atoms with E-state index in [1.165, 1.54) is 5.56 Å². The third-order valence-corrected chi connectivity index (χ3v) is 3.52. The van der Waals surface area contributed by atoms with Crippen LogP contribution in [0.4, 0.5) is 11.4 Å². The van der Waals surface area contributed by atoms with Crippen molar-refractivity contribution in [1.29, 1.82) is 0 Å². The smallest absolute Gasteiger partial charge is 0.190 e. The summed E-state index contributed by atoms with van der Waals surface area (Å²) in [6, 6.07) is 12.2. The van der Waals surface area contributed by atoms with Gasteiger partial charge in [0.1, 0.15) is 5.69 Å². The molecule has 20 heavy (non-hydrogen) atoms. The van der Waals surface area contributed by atoms with Crippen LogP contribution in [0.2, 0.25) is 0 Å². The molecule has 3 N–H and O–H groups in total. The van der Waals surface area contributed by atoms with Gasteiger partial charge in [-0.15, -0.1) is 0 Å². The highest BCUT2D eigenvalue weighted by Gasteiger charge is 2.09. The van der Waals surface area contributed by atoms with Crippen LogP contribution in [0.3, 0.4) is 0 Å². The molecule has 0 aliphatic carbocycles. The first kappa shape index (κ1) is 14.5. The van der Waals surface area contributed by atoms with Gasteiger partial charge in [0.15, 0.2) is 17.5 Å². The summed E-state index contributed by atoms with van der Waals surface area (Å²) >= 11 is 5.36. The zero-order valence-corrected chi connectivity index (χ0v) is 12.6. The lowest BCUT2D eigenvalue weighted by atomic mass is 9.97. The Morgan fingerprint density at radius 2 is 2.00 bits per heavy atom. The van der Waals surface area contributed by atoms with Gasteiger partial charge >= 0.3 is 0 Å². The first-order valence-corrected chi connectivity index (χ1v) is 7.24. The quantitative estimate of drug-likeness (QED) is 0.839. The second-order valence-electron chi connectivity index (χ2n) is 4.77. The standard InChI is InChI=1S/C16H19N3S/c1-3-12(2)14-8-4-5-9-15(14)19-16(20)18-13-7-6-10-17-11-13/h4-12H,3H2,1-2H3,(H2,18,19,20)/p+1. The molecule has 0 aliphatic rings. The van der Waals surface area contributed by atoms with Crippen LogP contribution < -0.4 is 15.6 Å². The van der Waals surface area contributed by atoms with Crippen molar-refractivity contribution in [3.8, 4) is 0 Å². The van der Waals surface area contributed by atoms with Gasteiger partial charge in [0.05, 0.1) is 0 Å². The van der Waals surface area contributed by atoms with Crippen LogP contribution in [0.1, 0.15) is 31.7 Å². The van der Waals surface area contributed by atoms with Crippen molar-refractivity contribution in [1.82, 2.24) is 0 Å². The summed E-state index contributed by atoms with van der Waals surface area (Å²) in [4.78, 5) is 3.02. The number of thiocarbonyl (C=S) groups is 1. The molecule has 0 saturated heterocycles. The number of anilines is 2. The van der Waals surface area contributed by atoms with E-state index < -0.39 is 0 Å². The van der Waals surface area contributed by atoms with Crippen LogP contribution in [-0.2, 0) is 0 Å². The number of H-pyrrole nitrogens is 1. The molecule has 0 bridgehead atoms. The van der Waals surface area contributed by atoms with Crippen LogP contribution >= 0.6 is 12.2 Å². The fraction of sp³-hybridized carbons (Fsp3) is 0.250. The molecule has 0 aliphatic heterocycles. The lowest BCUT2D eigenvalue weighted by Gasteiger charge is -2.17. The van der Waals surface area contributed by atoms with Gasteiger partial charge in [-0.1, -0.05) is 32.0 Å². The van der Waals surface area contributed by atoms with E-state index >= 15 is 0 Å². The van der Waals surface area contributed by atoms with Gasteiger partial charge in [-0.25, -0.2) is 4.98 Å². The molecular weight excluding hydrogens is 266 g/mol. The molecule has 0 spiro atoms. The fourth-order valence-corrected chi connectivity index (χ4v) is 2.24. The minimum Gasteiger partial charge on any atom is -0.332 e. The van der Waals surface area contributed by atoms with Crippen LogP contribution in [0.5, 0.6) is 0 Å². The van der Waals surface area contributed by atoms with Gasteiger partial charge in [0.2, 0.25) is 0 Å². The molecule has 1 aromatic carbocycles. The highest BCUT2D eigenvalue weighted by atomic mass is 32.1. The van der Waals surface area contributed by atoms with Crippen molar-refractivity contribution in [2.24, 2.45) is 0 Å². The maximum Gasteiger partial charge on any atom is 0.190 e. The SMILES string of the molecule is CCC(C)c1ccccc1NC(=S)Nc1ccc[nH+]c1. The Hall–Kier alpha value is -1.94. The normalized spacial score (nSPS) is 11.7. The van der Waals surface area contributed by atoms with E-state index in [1.807, 2.05) is 30.6 Å². The molecule has 0 amide bonds. The first-order chi connectivity index (χ1) is 9.70. The van der Waals surface area contributed by atoms with Crippen LogP contribution in [0.25, 0.3) is 0 Å². The summed E-state index contributed by atoms with van der Waals surface area (Å²) in [5, 5.41) is 7.04. The van der Waals surface area contributed by atoms with Crippen molar-refractivity contribution >= 4 is 28.7 Å². The first-order valence-electron chi connectivity index (χ1n) is 6.83. The lowest BCUT2D eigenvalue weighted by Crippen LogP contribution is -2.21. The van der Waals surface area contributed by atoms with Crippen molar-refractivity contribution in [2.45, 2.75) is 26.2 Å². The number of hydrogen-bond acceptors (Lipinski definition) is 1. The summed E-state index contributed by atoms with van der Waals surface area (Å²) < 4.78 is 0. The minimum absolute atomic E-state index is 0.506. The Labute approximate surface area is 125 Å². The van der Waals surface area contributed by atoms with Gasteiger partial charge in [-0.05, 0) is 42.3 Å². The molecule has 0 fully saturated rings. The van der Waals surface area contributed by atoms with E-state index in [0.717, 1.165) is 17.8 Å². The third kappa shape index (κ3) is 3.78. The summed E-state index contributed by atoms with van der Waals surface area (Å²) in [5.74, 6) is 0.506. The predicted octanol–water partition coefficient (Wildman–Crippen LogP) is 3.82. The Bertz CT molecular complexity index is 569. The van der Waals surface area contributed by atoms with Gasteiger partial charge in [0.25, 0.3) is 0 Å². The van der Waals surface area contributed by atoms with Gasteiger partial charge in [-0.3, -0.25) is 0 Å². The third-order valence-electron chi connectivity index (χ3n) is 3.32. The summed E-state index contributed by atoms with van der Waals surface area (Å²) in [7, 11) is 0. The molecule has 0 radical (unpaired) electrons.